The van der Waals surface area contributed by atoms with Crippen molar-refractivity contribution in [2.24, 2.45) is 0 Å². The predicted octanol–water partition coefficient (Wildman–Crippen LogP) is 1.54. The molecule has 0 radical (unpaired) electrons. The maximum absolute atomic E-state index is 12.1. The van der Waals surface area contributed by atoms with Crippen LogP contribution in [0.2, 0.25) is 5.02 Å². The summed E-state index contributed by atoms with van der Waals surface area (Å²) in [6.07, 6.45) is 0. The summed E-state index contributed by atoms with van der Waals surface area (Å²) in [5.41, 5.74) is 2.37. The van der Waals surface area contributed by atoms with Gasteiger partial charge in [0.15, 0.2) is 18.1 Å². The summed E-state index contributed by atoms with van der Waals surface area (Å²) >= 11 is 6.14. The molecular formula is C17H15ClN2O9. The van der Waals surface area contributed by atoms with E-state index in [2.05, 4.69) is 0 Å². The molecule has 29 heavy (non-hydrogen) atoms. The van der Waals surface area contributed by atoms with Crippen molar-refractivity contribution < 1.29 is 39.2 Å². The maximum Gasteiger partial charge on any atom is 0.342 e. The summed E-state index contributed by atoms with van der Waals surface area (Å²) < 4.78 is 10.5. The average Bonchev–Trinajstić information content (AvgIpc) is 2.59. The number of nitrogens with two attached hydrogens (primary N) is 1. The largest absolute Gasteiger partial charge is 0.490 e. The minimum Gasteiger partial charge on any atom is -0.490 e. The van der Waals surface area contributed by atoms with Gasteiger partial charge in [-0.1, -0.05) is 11.6 Å². The Bertz CT molecular complexity index is 1060. The molecule has 0 unspecified atom stereocenters. The SMILES string of the molecule is CCOc1cc(-c2c(C(=O)O)c(N)[nH]c(=O)c2C(=O)O)cc(Cl)c1OCC(=O)O. The van der Waals surface area contributed by atoms with Gasteiger partial charge in [-0.3, -0.25) is 4.79 Å². The van der Waals surface area contributed by atoms with Crippen LogP contribution in [0.5, 0.6) is 11.5 Å². The number of rotatable bonds is 8. The first-order valence-corrected chi connectivity index (χ1v) is 8.29. The number of halogens is 1. The molecule has 1 aromatic carbocycles. The number of carboxylic acid groups (broad SMARTS) is 3. The number of nitrogen functional groups attached to an aromatic ring is 1. The molecule has 11 nitrogen and oxygen atoms in total. The fraction of sp³-hybridized carbons (Fsp3) is 0.176. The van der Waals surface area contributed by atoms with Crippen LogP contribution in [0.15, 0.2) is 16.9 Å². The lowest BCUT2D eigenvalue weighted by Gasteiger charge is -2.17. The van der Waals surface area contributed by atoms with Gasteiger partial charge in [-0.15, -0.1) is 0 Å². The molecule has 0 saturated carbocycles. The summed E-state index contributed by atoms with van der Waals surface area (Å²) in [4.78, 5) is 48.2. The van der Waals surface area contributed by atoms with Crippen LogP contribution in [-0.4, -0.2) is 51.4 Å². The molecule has 2 aromatic rings. The number of anilines is 1. The van der Waals surface area contributed by atoms with Gasteiger partial charge in [0.25, 0.3) is 5.56 Å². The van der Waals surface area contributed by atoms with Crippen molar-refractivity contribution >= 4 is 35.3 Å². The Hall–Kier alpha value is -3.73. The second kappa shape index (κ2) is 8.52. The maximum atomic E-state index is 12.1. The number of H-pyrrole nitrogens is 1. The van der Waals surface area contributed by atoms with Crippen LogP contribution in [0.25, 0.3) is 11.1 Å². The van der Waals surface area contributed by atoms with E-state index in [9.17, 15) is 29.4 Å². The molecule has 0 atom stereocenters. The second-order valence-electron chi connectivity index (χ2n) is 5.50. The van der Waals surface area contributed by atoms with Crippen molar-refractivity contribution in [1.29, 1.82) is 0 Å². The smallest absolute Gasteiger partial charge is 0.342 e. The fourth-order valence-corrected chi connectivity index (χ4v) is 2.85. The van der Waals surface area contributed by atoms with Crippen LogP contribution in [0.4, 0.5) is 5.82 Å². The predicted molar refractivity (Wildman–Crippen MR) is 100 cm³/mol. The zero-order valence-corrected chi connectivity index (χ0v) is 15.6. The standard InChI is InChI=1S/C17H15ClN2O9/c1-2-28-8-4-6(3-7(18)13(8)29-5-9(21)22)10-11(16(24)25)14(19)20-15(23)12(10)17(26)27/h3-4H,2,5H2,1H3,(H,21,22)(H,24,25)(H,26,27)(H3,19,20,23). The van der Waals surface area contributed by atoms with Crippen molar-refractivity contribution in [3.8, 4) is 22.6 Å². The molecule has 6 N–H and O–H groups in total. The Morgan fingerprint density at radius 3 is 2.24 bits per heavy atom. The second-order valence-corrected chi connectivity index (χ2v) is 5.91. The van der Waals surface area contributed by atoms with E-state index in [1.807, 2.05) is 4.98 Å². The quantitative estimate of drug-likeness (QED) is 0.413. The number of nitrogens with one attached hydrogen (secondary N) is 1. The minimum absolute atomic E-state index is 0.0808. The molecule has 0 fully saturated rings. The number of ether oxygens (including phenoxy) is 2. The molecule has 0 spiro atoms. The molecule has 154 valence electrons. The minimum atomic E-state index is -1.69. The van der Waals surface area contributed by atoms with Gasteiger partial charge in [0.05, 0.1) is 11.6 Å². The Balaban J connectivity index is 2.87. The number of aromatic carboxylic acids is 2. The first-order valence-electron chi connectivity index (χ1n) is 7.92. The average molecular weight is 427 g/mol. The number of carboxylic acids is 3. The van der Waals surface area contributed by atoms with Gasteiger partial charge >= 0.3 is 17.9 Å². The third-order valence-corrected chi connectivity index (χ3v) is 3.89. The number of pyridine rings is 1. The zero-order chi connectivity index (χ0) is 21.9. The number of carbonyl (C=O) groups is 3. The highest BCUT2D eigenvalue weighted by Crippen LogP contribution is 2.41. The van der Waals surface area contributed by atoms with Crippen molar-refractivity contribution in [3.05, 3.63) is 38.6 Å². The molecule has 0 aliphatic heterocycles. The Labute approximate surface area is 167 Å². The van der Waals surface area contributed by atoms with Gasteiger partial charge in [-0.2, -0.15) is 0 Å². The van der Waals surface area contributed by atoms with Crippen LogP contribution in [0.3, 0.4) is 0 Å². The highest BCUT2D eigenvalue weighted by Gasteiger charge is 2.28. The van der Waals surface area contributed by atoms with Gasteiger partial charge in [-0.05, 0) is 24.6 Å². The van der Waals surface area contributed by atoms with Crippen molar-refractivity contribution in [2.45, 2.75) is 6.92 Å². The summed E-state index contributed by atoms with van der Waals surface area (Å²) in [7, 11) is 0. The van der Waals surface area contributed by atoms with Crippen molar-refractivity contribution in [1.82, 2.24) is 4.98 Å². The molecular weight excluding hydrogens is 412 g/mol. The van der Waals surface area contributed by atoms with Crippen LogP contribution in [0, 0.1) is 0 Å². The number of benzene rings is 1. The summed E-state index contributed by atoms with van der Waals surface area (Å²) in [5.74, 6) is -5.34. The zero-order valence-electron chi connectivity index (χ0n) is 14.8. The number of aromatic nitrogens is 1. The molecule has 1 heterocycles. The Morgan fingerprint density at radius 1 is 1.10 bits per heavy atom. The van der Waals surface area contributed by atoms with Crippen LogP contribution >= 0.6 is 11.6 Å². The van der Waals surface area contributed by atoms with E-state index in [1.165, 1.54) is 6.07 Å². The third kappa shape index (κ3) is 4.41. The number of hydrogen-bond acceptors (Lipinski definition) is 7. The molecule has 2 rings (SSSR count). The lowest BCUT2D eigenvalue weighted by Crippen LogP contribution is -2.24. The van der Waals surface area contributed by atoms with E-state index < -0.39 is 52.6 Å². The molecule has 0 amide bonds. The van der Waals surface area contributed by atoms with Gasteiger partial charge < -0.3 is 35.5 Å². The molecule has 0 aliphatic carbocycles. The lowest BCUT2D eigenvalue weighted by atomic mass is 9.95. The monoisotopic (exact) mass is 426 g/mol. The van der Waals surface area contributed by atoms with E-state index >= 15 is 0 Å². The fourth-order valence-electron chi connectivity index (χ4n) is 2.58. The van der Waals surface area contributed by atoms with Crippen molar-refractivity contribution in [3.63, 3.8) is 0 Å². The first kappa shape index (κ1) is 21.6. The summed E-state index contributed by atoms with van der Waals surface area (Å²) in [5, 5.41) is 27.5. The topological polar surface area (TPSA) is 189 Å². The molecule has 0 bridgehead atoms. The van der Waals surface area contributed by atoms with Gasteiger partial charge in [0.2, 0.25) is 0 Å². The van der Waals surface area contributed by atoms with Gasteiger partial charge in [0, 0.05) is 5.56 Å². The van der Waals surface area contributed by atoms with Gasteiger partial charge in [0.1, 0.15) is 16.9 Å². The molecule has 0 saturated heterocycles. The highest BCUT2D eigenvalue weighted by atomic mass is 35.5. The number of aliphatic carboxylic acids is 1. The van der Waals surface area contributed by atoms with Crippen LogP contribution in [-0.2, 0) is 4.79 Å². The third-order valence-electron chi connectivity index (χ3n) is 3.61. The highest BCUT2D eigenvalue weighted by molar-refractivity contribution is 6.32. The lowest BCUT2D eigenvalue weighted by molar-refractivity contribution is -0.139. The van der Waals surface area contributed by atoms with E-state index in [-0.39, 0.29) is 28.7 Å². The molecule has 0 aliphatic rings. The van der Waals surface area contributed by atoms with E-state index in [1.54, 1.807) is 6.92 Å². The first-order chi connectivity index (χ1) is 13.6. The van der Waals surface area contributed by atoms with Crippen molar-refractivity contribution in [2.75, 3.05) is 18.9 Å². The molecule has 1 aromatic heterocycles. The number of hydrogen-bond donors (Lipinski definition) is 5. The Kier molecular flexibility index (Phi) is 6.34. The van der Waals surface area contributed by atoms with Gasteiger partial charge in [-0.25, -0.2) is 14.4 Å². The van der Waals surface area contributed by atoms with E-state index in [0.29, 0.717) is 0 Å². The van der Waals surface area contributed by atoms with Crippen LogP contribution in [0.1, 0.15) is 27.6 Å². The Morgan fingerprint density at radius 2 is 1.72 bits per heavy atom. The summed E-state index contributed by atoms with van der Waals surface area (Å²) in [6, 6.07) is 2.30. The van der Waals surface area contributed by atoms with Crippen LogP contribution < -0.4 is 20.8 Å². The molecule has 12 heteroatoms. The van der Waals surface area contributed by atoms with E-state index in [0.717, 1.165) is 6.07 Å². The summed E-state index contributed by atoms with van der Waals surface area (Å²) in [6.45, 7) is 0.967. The normalized spacial score (nSPS) is 10.4. The number of aromatic amines is 1. The van der Waals surface area contributed by atoms with E-state index in [4.69, 9.17) is 31.9 Å².